The van der Waals surface area contributed by atoms with Gasteiger partial charge in [0, 0.05) is 9.82 Å². The van der Waals surface area contributed by atoms with Gasteiger partial charge in [-0.05, 0) is 24.5 Å². The highest BCUT2D eigenvalue weighted by atomic mass is 32.2. The molecule has 0 spiro atoms. The molecule has 0 saturated heterocycles. The van der Waals surface area contributed by atoms with Crippen molar-refractivity contribution in [2.75, 3.05) is 13.4 Å². The van der Waals surface area contributed by atoms with Gasteiger partial charge in [-0.15, -0.1) is 11.8 Å². The van der Waals surface area contributed by atoms with E-state index >= 15 is 0 Å². The predicted molar refractivity (Wildman–Crippen MR) is 55.5 cm³/mol. The molecule has 1 aromatic rings. The van der Waals surface area contributed by atoms with Crippen LogP contribution in [0.5, 0.6) is 5.75 Å². The van der Waals surface area contributed by atoms with Gasteiger partial charge in [0.1, 0.15) is 5.75 Å². The van der Waals surface area contributed by atoms with Gasteiger partial charge in [-0.25, -0.2) is 0 Å². The summed E-state index contributed by atoms with van der Waals surface area (Å²) in [6.07, 6.45) is 1.95. The molecule has 0 bridgehead atoms. The first-order valence-electron chi connectivity index (χ1n) is 4.00. The van der Waals surface area contributed by atoms with Gasteiger partial charge in [0.25, 0.3) is 0 Å². The molecule has 0 N–H and O–H groups in total. The molecule has 0 heterocycles. The van der Waals surface area contributed by atoms with Gasteiger partial charge in [0.15, 0.2) is 0 Å². The second-order valence-corrected chi connectivity index (χ2v) is 3.55. The molecule has 1 aromatic carbocycles. The highest BCUT2D eigenvalue weighted by Crippen LogP contribution is 2.25. The summed E-state index contributed by atoms with van der Waals surface area (Å²) in [4.78, 5) is 11.0. The number of ether oxygens (including phenoxy) is 1. The summed E-state index contributed by atoms with van der Waals surface area (Å²) in [6, 6.07) is 5.39. The Kier molecular flexibility index (Phi) is 3.76. The van der Waals surface area contributed by atoms with Crippen LogP contribution in [0.1, 0.15) is 5.56 Å². The molecule has 0 saturated carbocycles. The Morgan fingerprint density at radius 3 is 2.79 bits per heavy atom. The van der Waals surface area contributed by atoms with Crippen molar-refractivity contribution in [2.45, 2.75) is 11.4 Å². The average molecular weight is 213 g/mol. The first kappa shape index (κ1) is 10.8. The largest absolute Gasteiger partial charge is 0.496 e. The van der Waals surface area contributed by atoms with E-state index in [4.69, 9.17) is 4.74 Å². The molecule has 5 heteroatoms. The number of thioether (sulfide) groups is 1. The summed E-state index contributed by atoms with van der Waals surface area (Å²) < 4.78 is 5.07. The lowest BCUT2D eigenvalue weighted by atomic mass is 10.2. The summed E-state index contributed by atoms with van der Waals surface area (Å²) in [5, 5.41) is 10.3. The van der Waals surface area contributed by atoms with Crippen molar-refractivity contribution in [1.82, 2.24) is 0 Å². The number of nitro groups is 1. The Hall–Kier alpha value is -1.23. The average Bonchev–Trinajstić information content (AvgIpc) is 2.17. The van der Waals surface area contributed by atoms with E-state index in [1.54, 1.807) is 17.8 Å². The van der Waals surface area contributed by atoms with Gasteiger partial charge in [-0.2, -0.15) is 0 Å². The van der Waals surface area contributed by atoms with Crippen molar-refractivity contribution in [2.24, 2.45) is 0 Å². The lowest BCUT2D eigenvalue weighted by Gasteiger charge is -2.06. The Morgan fingerprint density at radius 2 is 2.29 bits per heavy atom. The van der Waals surface area contributed by atoms with Gasteiger partial charge < -0.3 is 4.74 Å². The molecule has 0 unspecified atom stereocenters. The van der Waals surface area contributed by atoms with Crippen molar-refractivity contribution < 1.29 is 9.66 Å². The van der Waals surface area contributed by atoms with Crippen LogP contribution in [0, 0.1) is 10.1 Å². The fourth-order valence-corrected chi connectivity index (χ4v) is 1.55. The topological polar surface area (TPSA) is 52.4 Å². The Balaban J connectivity index is 2.98. The van der Waals surface area contributed by atoms with Crippen LogP contribution in [-0.4, -0.2) is 18.3 Å². The Morgan fingerprint density at radius 1 is 1.57 bits per heavy atom. The van der Waals surface area contributed by atoms with Crippen LogP contribution in [-0.2, 0) is 6.54 Å². The molecule has 4 nitrogen and oxygen atoms in total. The first-order valence-corrected chi connectivity index (χ1v) is 5.22. The lowest BCUT2D eigenvalue weighted by Crippen LogP contribution is -2.00. The molecule has 14 heavy (non-hydrogen) atoms. The second kappa shape index (κ2) is 4.85. The minimum Gasteiger partial charge on any atom is -0.496 e. The van der Waals surface area contributed by atoms with Gasteiger partial charge in [0.2, 0.25) is 6.54 Å². The van der Waals surface area contributed by atoms with Gasteiger partial charge >= 0.3 is 0 Å². The summed E-state index contributed by atoms with van der Waals surface area (Å²) in [6.45, 7) is -0.197. The molecule has 0 aliphatic carbocycles. The third-order valence-corrected chi connectivity index (χ3v) is 2.52. The minimum absolute atomic E-state index is 0.197. The molecule has 0 amide bonds. The van der Waals surface area contributed by atoms with Crippen LogP contribution in [0.4, 0.5) is 0 Å². The van der Waals surface area contributed by atoms with E-state index in [1.165, 1.54) is 7.11 Å². The number of nitrogens with zero attached hydrogens (tertiary/aromatic N) is 1. The van der Waals surface area contributed by atoms with Crippen molar-refractivity contribution in [3.8, 4) is 5.75 Å². The molecule has 0 atom stereocenters. The molecule has 0 aliphatic rings. The summed E-state index contributed by atoms with van der Waals surface area (Å²) in [5.74, 6) is 0.577. The van der Waals surface area contributed by atoms with Crippen molar-refractivity contribution in [1.29, 1.82) is 0 Å². The van der Waals surface area contributed by atoms with Crippen molar-refractivity contribution in [3.05, 3.63) is 33.9 Å². The lowest BCUT2D eigenvalue weighted by molar-refractivity contribution is -0.496. The van der Waals surface area contributed by atoms with Gasteiger partial charge in [-0.1, -0.05) is 0 Å². The van der Waals surface area contributed by atoms with Gasteiger partial charge in [0.05, 0.1) is 12.7 Å². The zero-order valence-corrected chi connectivity index (χ0v) is 8.84. The van der Waals surface area contributed by atoms with Crippen LogP contribution in [0.3, 0.4) is 0 Å². The van der Waals surface area contributed by atoms with E-state index in [9.17, 15) is 10.1 Å². The standard InChI is InChI=1S/C9H11NO3S/c1-13-9-5-8(14-2)4-3-7(9)6-10(11)12/h3-5H,6H2,1-2H3. The van der Waals surface area contributed by atoms with Crippen LogP contribution < -0.4 is 4.74 Å². The maximum absolute atomic E-state index is 10.3. The third kappa shape index (κ3) is 2.63. The smallest absolute Gasteiger partial charge is 0.232 e. The molecule has 1 rings (SSSR count). The highest BCUT2D eigenvalue weighted by Gasteiger charge is 2.09. The molecule has 0 radical (unpaired) electrons. The third-order valence-electron chi connectivity index (χ3n) is 1.79. The quantitative estimate of drug-likeness (QED) is 0.437. The number of rotatable bonds is 4. The number of hydrogen-bond donors (Lipinski definition) is 0. The van der Waals surface area contributed by atoms with Gasteiger partial charge in [-0.3, -0.25) is 10.1 Å². The van der Waals surface area contributed by atoms with Crippen LogP contribution in [0.15, 0.2) is 23.1 Å². The summed E-state index contributed by atoms with van der Waals surface area (Å²) >= 11 is 1.58. The molecular formula is C9H11NO3S. The zero-order valence-electron chi connectivity index (χ0n) is 8.02. The normalized spacial score (nSPS) is 9.86. The molecule has 0 fully saturated rings. The highest BCUT2D eigenvalue weighted by molar-refractivity contribution is 7.98. The van der Waals surface area contributed by atoms with Crippen LogP contribution >= 0.6 is 11.8 Å². The maximum atomic E-state index is 10.3. The monoisotopic (exact) mass is 213 g/mol. The second-order valence-electron chi connectivity index (χ2n) is 2.67. The molecule has 0 aliphatic heterocycles. The van der Waals surface area contributed by atoms with E-state index in [0.29, 0.717) is 11.3 Å². The maximum Gasteiger partial charge on any atom is 0.232 e. The van der Waals surface area contributed by atoms with E-state index in [2.05, 4.69) is 0 Å². The minimum atomic E-state index is -0.364. The SMILES string of the molecule is COc1cc(SC)ccc1C[N+](=O)[O-]. The molecule has 76 valence electrons. The Labute approximate surface area is 86.4 Å². The Bertz CT molecular complexity index is 341. The predicted octanol–water partition coefficient (Wildman–Crippen LogP) is 2.19. The summed E-state index contributed by atoms with van der Waals surface area (Å²) in [5.41, 5.74) is 0.607. The molecular weight excluding hydrogens is 202 g/mol. The van der Waals surface area contributed by atoms with Crippen molar-refractivity contribution >= 4 is 11.8 Å². The fraction of sp³-hybridized carbons (Fsp3) is 0.333. The molecule has 0 aromatic heterocycles. The number of methoxy groups -OCH3 is 1. The number of hydrogen-bond acceptors (Lipinski definition) is 4. The first-order chi connectivity index (χ1) is 6.67. The fourth-order valence-electron chi connectivity index (χ4n) is 1.12. The van der Waals surface area contributed by atoms with E-state index < -0.39 is 0 Å². The zero-order chi connectivity index (χ0) is 10.6. The van der Waals surface area contributed by atoms with Crippen LogP contribution in [0.2, 0.25) is 0 Å². The van der Waals surface area contributed by atoms with Crippen molar-refractivity contribution in [3.63, 3.8) is 0 Å². The van der Waals surface area contributed by atoms with E-state index in [0.717, 1.165) is 4.90 Å². The van der Waals surface area contributed by atoms with E-state index in [1.807, 2.05) is 18.4 Å². The van der Waals surface area contributed by atoms with Crippen LogP contribution in [0.25, 0.3) is 0 Å². The number of benzene rings is 1. The summed E-state index contributed by atoms with van der Waals surface area (Å²) in [7, 11) is 1.52. The van der Waals surface area contributed by atoms with E-state index in [-0.39, 0.29) is 11.5 Å².